The van der Waals surface area contributed by atoms with E-state index in [2.05, 4.69) is 9.80 Å². The van der Waals surface area contributed by atoms with Crippen LogP contribution in [0.5, 0.6) is 0 Å². The normalized spacial score (nSPS) is 21.2. The van der Waals surface area contributed by atoms with Gasteiger partial charge in [0.1, 0.15) is 0 Å². The molecular formula is C20H19Cl2N3O2. The number of anilines is 2. The first-order valence-electron chi connectivity index (χ1n) is 8.90. The Labute approximate surface area is 168 Å². The van der Waals surface area contributed by atoms with E-state index in [1.807, 2.05) is 24.3 Å². The molecule has 140 valence electrons. The lowest BCUT2D eigenvalue weighted by Crippen LogP contribution is -2.52. The zero-order chi connectivity index (χ0) is 19.0. The van der Waals surface area contributed by atoms with E-state index >= 15 is 0 Å². The average Bonchev–Trinajstić information content (AvgIpc) is 2.98. The van der Waals surface area contributed by atoms with Crippen molar-refractivity contribution in [3.05, 3.63) is 58.6 Å². The number of piperazine rings is 1. The van der Waals surface area contributed by atoms with Crippen LogP contribution in [0.4, 0.5) is 11.4 Å². The van der Waals surface area contributed by atoms with E-state index in [4.69, 9.17) is 23.2 Å². The molecule has 2 aliphatic heterocycles. The van der Waals surface area contributed by atoms with Crippen molar-refractivity contribution in [3.63, 3.8) is 0 Å². The lowest BCUT2D eigenvalue weighted by atomic mass is 10.1. The number of amides is 2. The minimum Gasteiger partial charge on any atom is -0.369 e. The summed E-state index contributed by atoms with van der Waals surface area (Å²) in [6, 6.07) is 14.2. The molecule has 2 amide bonds. The smallest absolute Gasteiger partial charge is 0.251 e. The van der Waals surface area contributed by atoms with Gasteiger partial charge in [0.15, 0.2) is 0 Å². The summed E-state index contributed by atoms with van der Waals surface area (Å²) < 4.78 is 0. The summed E-state index contributed by atoms with van der Waals surface area (Å²) in [5.41, 5.74) is 1.70. The topological polar surface area (TPSA) is 43.9 Å². The van der Waals surface area contributed by atoms with E-state index in [1.54, 1.807) is 24.3 Å². The molecule has 27 heavy (non-hydrogen) atoms. The first-order chi connectivity index (χ1) is 13.0. The lowest BCUT2D eigenvalue weighted by Gasteiger charge is -2.38. The Morgan fingerprint density at radius 2 is 1.26 bits per heavy atom. The summed E-state index contributed by atoms with van der Waals surface area (Å²) in [4.78, 5) is 31.0. The van der Waals surface area contributed by atoms with Crippen molar-refractivity contribution >= 4 is 46.4 Å². The van der Waals surface area contributed by atoms with Gasteiger partial charge in [-0.2, -0.15) is 0 Å². The van der Waals surface area contributed by atoms with Gasteiger partial charge in [-0.1, -0.05) is 23.2 Å². The summed E-state index contributed by atoms with van der Waals surface area (Å²) in [5.74, 6) is -0.310. The molecule has 2 aromatic rings. The molecular weight excluding hydrogens is 385 g/mol. The monoisotopic (exact) mass is 403 g/mol. The SMILES string of the molecule is O=C1C[C@@H](N2CCN(c3ccc(Cl)cc3)CC2)C(=O)N1c1ccc(Cl)cc1. The Morgan fingerprint density at radius 1 is 0.741 bits per heavy atom. The van der Waals surface area contributed by atoms with E-state index in [0.29, 0.717) is 10.7 Å². The highest BCUT2D eigenvalue weighted by molar-refractivity contribution is 6.31. The molecule has 0 radical (unpaired) electrons. The van der Waals surface area contributed by atoms with Crippen molar-refractivity contribution in [2.75, 3.05) is 36.0 Å². The van der Waals surface area contributed by atoms with E-state index in [-0.39, 0.29) is 24.3 Å². The molecule has 0 aromatic heterocycles. The number of carbonyl (C=O) groups excluding carboxylic acids is 2. The highest BCUT2D eigenvalue weighted by Gasteiger charge is 2.43. The van der Waals surface area contributed by atoms with Gasteiger partial charge in [-0.25, -0.2) is 4.90 Å². The fourth-order valence-corrected chi connectivity index (χ4v) is 3.96. The predicted molar refractivity (Wildman–Crippen MR) is 108 cm³/mol. The largest absolute Gasteiger partial charge is 0.369 e. The molecule has 7 heteroatoms. The van der Waals surface area contributed by atoms with Gasteiger partial charge in [-0.05, 0) is 48.5 Å². The molecule has 2 saturated heterocycles. The molecule has 4 rings (SSSR count). The molecule has 2 fully saturated rings. The first kappa shape index (κ1) is 18.3. The average molecular weight is 404 g/mol. The van der Waals surface area contributed by atoms with Crippen LogP contribution in [0.2, 0.25) is 10.0 Å². The number of imide groups is 1. The number of hydrogen-bond acceptors (Lipinski definition) is 4. The molecule has 0 bridgehead atoms. The van der Waals surface area contributed by atoms with E-state index in [9.17, 15) is 9.59 Å². The molecule has 0 spiro atoms. The van der Waals surface area contributed by atoms with Crippen LogP contribution < -0.4 is 9.80 Å². The van der Waals surface area contributed by atoms with Crippen LogP contribution in [0.25, 0.3) is 0 Å². The van der Waals surface area contributed by atoms with Crippen LogP contribution in [0.3, 0.4) is 0 Å². The van der Waals surface area contributed by atoms with Gasteiger partial charge in [-0.3, -0.25) is 14.5 Å². The maximum Gasteiger partial charge on any atom is 0.251 e. The second-order valence-corrected chi connectivity index (χ2v) is 7.64. The number of hydrogen-bond donors (Lipinski definition) is 0. The molecule has 2 aromatic carbocycles. The molecule has 5 nitrogen and oxygen atoms in total. The van der Waals surface area contributed by atoms with Gasteiger partial charge in [0.2, 0.25) is 5.91 Å². The Bertz CT molecular complexity index is 847. The van der Waals surface area contributed by atoms with Gasteiger partial charge in [-0.15, -0.1) is 0 Å². The number of nitrogens with zero attached hydrogens (tertiary/aromatic N) is 3. The van der Waals surface area contributed by atoms with Crippen molar-refractivity contribution in [1.82, 2.24) is 4.90 Å². The van der Waals surface area contributed by atoms with E-state index < -0.39 is 0 Å². The third-order valence-electron chi connectivity index (χ3n) is 5.15. The van der Waals surface area contributed by atoms with Crippen molar-refractivity contribution < 1.29 is 9.59 Å². The van der Waals surface area contributed by atoms with Gasteiger partial charge < -0.3 is 4.90 Å². The maximum atomic E-state index is 12.9. The summed E-state index contributed by atoms with van der Waals surface area (Å²) in [7, 11) is 0. The second-order valence-electron chi connectivity index (χ2n) is 6.76. The van der Waals surface area contributed by atoms with Crippen LogP contribution in [-0.4, -0.2) is 48.9 Å². The summed E-state index contributed by atoms with van der Waals surface area (Å²) in [6.45, 7) is 3.09. The van der Waals surface area contributed by atoms with Gasteiger partial charge in [0.05, 0.1) is 18.2 Å². The number of halogens is 2. The molecule has 2 heterocycles. The molecule has 0 aliphatic carbocycles. The maximum absolute atomic E-state index is 12.9. The summed E-state index contributed by atoms with van der Waals surface area (Å²) >= 11 is 11.9. The number of rotatable bonds is 3. The van der Waals surface area contributed by atoms with Gasteiger partial charge in [0.25, 0.3) is 5.91 Å². The van der Waals surface area contributed by atoms with Crippen LogP contribution in [0.15, 0.2) is 48.5 Å². The molecule has 0 N–H and O–H groups in total. The highest BCUT2D eigenvalue weighted by atomic mass is 35.5. The van der Waals surface area contributed by atoms with Crippen LogP contribution in [0, 0.1) is 0 Å². The third-order valence-corrected chi connectivity index (χ3v) is 5.66. The van der Waals surface area contributed by atoms with Crippen molar-refractivity contribution in [3.8, 4) is 0 Å². The zero-order valence-corrected chi connectivity index (χ0v) is 16.2. The fraction of sp³-hybridized carbons (Fsp3) is 0.300. The van der Waals surface area contributed by atoms with Crippen LogP contribution in [0.1, 0.15) is 6.42 Å². The molecule has 1 atom stereocenters. The highest BCUT2D eigenvalue weighted by Crippen LogP contribution is 2.28. The van der Waals surface area contributed by atoms with Crippen molar-refractivity contribution in [2.24, 2.45) is 0 Å². The molecule has 2 aliphatic rings. The minimum absolute atomic E-state index is 0.151. The Kier molecular flexibility index (Phi) is 5.08. The second kappa shape index (κ2) is 7.50. The van der Waals surface area contributed by atoms with Gasteiger partial charge >= 0.3 is 0 Å². The number of carbonyl (C=O) groups is 2. The molecule has 0 saturated carbocycles. The van der Waals surface area contributed by atoms with Crippen LogP contribution >= 0.6 is 23.2 Å². The summed E-state index contributed by atoms with van der Waals surface area (Å²) in [6.07, 6.45) is 0.225. The number of benzene rings is 2. The Hall–Kier alpha value is -2.08. The molecule has 0 unspecified atom stereocenters. The fourth-order valence-electron chi connectivity index (χ4n) is 3.71. The standard InChI is InChI=1S/C20H19Cl2N3O2/c21-14-1-5-16(6-2-14)23-9-11-24(12-10-23)18-13-19(26)25(20(18)27)17-7-3-15(22)4-8-17/h1-8,18H,9-13H2/t18-/m1/s1. The minimum atomic E-state index is -0.388. The first-order valence-corrected chi connectivity index (χ1v) is 9.65. The lowest BCUT2D eigenvalue weighted by molar-refractivity contribution is -0.123. The predicted octanol–water partition coefficient (Wildman–Crippen LogP) is 3.45. The van der Waals surface area contributed by atoms with Crippen molar-refractivity contribution in [2.45, 2.75) is 12.5 Å². The van der Waals surface area contributed by atoms with Crippen LogP contribution in [-0.2, 0) is 9.59 Å². The Morgan fingerprint density at radius 3 is 1.81 bits per heavy atom. The van der Waals surface area contributed by atoms with E-state index in [1.165, 1.54) is 4.90 Å². The quantitative estimate of drug-likeness (QED) is 0.736. The van der Waals surface area contributed by atoms with Crippen molar-refractivity contribution in [1.29, 1.82) is 0 Å². The van der Waals surface area contributed by atoms with E-state index in [0.717, 1.165) is 36.9 Å². The Balaban J connectivity index is 1.43. The zero-order valence-electron chi connectivity index (χ0n) is 14.6. The van der Waals surface area contributed by atoms with Gasteiger partial charge in [0, 0.05) is 41.9 Å². The summed E-state index contributed by atoms with van der Waals surface area (Å²) in [5, 5.41) is 1.29. The third kappa shape index (κ3) is 3.68.